The van der Waals surface area contributed by atoms with E-state index >= 15 is 0 Å². The summed E-state index contributed by atoms with van der Waals surface area (Å²) in [5.41, 5.74) is 0. The van der Waals surface area contributed by atoms with Crippen molar-refractivity contribution in [2.45, 2.75) is 50.7 Å². The summed E-state index contributed by atoms with van der Waals surface area (Å²) in [6, 6.07) is 2.12. The molecule has 0 spiro atoms. The van der Waals surface area contributed by atoms with Crippen LogP contribution in [0.25, 0.3) is 0 Å². The zero-order chi connectivity index (χ0) is 11.1. The Balaban J connectivity index is 1.73. The Kier molecular flexibility index (Phi) is 2.59. The van der Waals surface area contributed by atoms with Crippen LogP contribution in [0.1, 0.15) is 30.7 Å². The summed E-state index contributed by atoms with van der Waals surface area (Å²) in [4.78, 5) is 2.33. The molecule has 0 radical (unpaired) electrons. The van der Waals surface area contributed by atoms with E-state index in [9.17, 15) is 0 Å². The van der Waals surface area contributed by atoms with Gasteiger partial charge in [0.1, 0.15) is 5.01 Å². The second kappa shape index (κ2) is 3.96. The van der Waals surface area contributed by atoms with Crippen LogP contribution in [0, 0.1) is 6.92 Å². The Bertz CT molecular complexity index is 366. The lowest BCUT2D eigenvalue weighted by Crippen LogP contribution is -2.47. The van der Waals surface area contributed by atoms with Gasteiger partial charge in [-0.15, -0.1) is 10.2 Å². The molecule has 0 amide bonds. The van der Waals surface area contributed by atoms with Crippen molar-refractivity contribution in [1.29, 1.82) is 0 Å². The first kappa shape index (κ1) is 10.5. The van der Waals surface area contributed by atoms with Crippen LogP contribution in [0.2, 0.25) is 0 Å². The zero-order valence-electron chi connectivity index (χ0n) is 9.81. The van der Waals surface area contributed by atoms with Crippen molar-refractivity contribution >= 4 is 16.5 Å². The van der Waals surface area contributed by atoms with Crippen LogP contribution in [0.3, 0.4) is 0 Å². The van der Waals surface area contributed by atoms with Crippen LogP contribution in [0.4, 0.5) is 5.13 Å². The molecule has 2 bridgehead atoms. The largest absolute Gasteiger partial charge is 0.347 e. The molecule has 3 heterocycles. The molecule has 2 unspecified atom stereocenters. The van der Waals surface area contributed by atoms with E-state index in [1.807, 2.05) is 6.92 Å². The highest BCUT2D eigenvalue weighted by atomic mass is 32.1. The second-order valence-corrected chi connectivity index (χ2v) is 6.14. The fourth-order valence-electron chi connectivity index (χ4n) is 2.93. The van der Waals surface area contributed by atoms with Crippen LogP contribution in [-0.2, 0) is 0 Å². The molecule has 0 aromatic carbocycles. The normalized spacial score (nSPS) is 33.0. The number of piperidine rings is 1. The highest BCUT2D eigenvalue weighted by Crippen LogP contribution is 2.32. The number of hydrogen-bond donors (Lipinski definition) is 1. The quantitative estimate of drug-likeness (QED) is 0.849. The first-order valence-electron chi connectivity index (χ1n) is 6.01. The molecule has 1 aromatic heterocycles. The third-order valence-corrected chi connectivity index (χ3v) is 4.74. The molecule has 0 saturated carbocycles. The lowest BCUT2D eigenvalue weighted by atomic mass is 9.99. The van der Waals surface area contributed by atoms with E-state index in [0.717, 1.165) is 22.2 Å². The monoisotopic (exact) mass is 238 g/mol. The first-order chi connectivity index (χ1) is 7.72. The summed E-state index contributed by atoms with van der Waals surface area (Å²) in [6.07, 6.45) is 5.21. The number of fused-ring (bicyclic) bond motifs is 2. The van der Waals surface area contributed by atoms with Crippen molar-refractivity contribution < 1.29 is 0 Å². The third-order valence-electron chi connectivity index (χ3n) is 3.81. The van der Waals surface area contributed by atoms with Gasteiger partial charge in [-0.1, -0.05) is 11.3 Å². The molecule has 4 nitrogen and oxygen atoms in total. The van der Waals surface area contributed by atoms with Crippen molar-refractivity contribution in [2.75, 3.05) is 11.9 Å². The van der Waals surface area contributed by atoms with Gasteiger partial charge in [0.05, 0.1) is 0 Å². The molecule has 2 aliphatic rings. The lowest BCUT2D eigenvalue weighted by Gasteiger charge is -2.35. The number of aryl methyl sites for hydroxylation is 1. The van der Waals surface area contributed by atoms with Gasteiger partial charge < -0.3 is 10.2 Å². The Morgan fingerprint density at radius 3 is 2.50 bits per heavy atom. The van der Waals surface area contributed by atoms with Gasteiger partial charge in [0.25, 0.3) is 0 Å². The number of hydrogen-bond acceptors (Lipinski definition) is 5. The predicted molar refractivity (Wildman–Crippen MR) is 66.0 cm³/mol. The maximum Gasteiger partial charge on any atom is 0.208 e. The molecule has 2 fully saturated rings. The average molecular weight is 238 g/mol. The maximum atomic E-state index is 4.24. The number of rotatable bonds is 2. The molecule has 0 aliphatic carbocycles. The number of aromatic nitrogens is 2. The predicted octanol–water partition coefficient (Wildman–Crippen LogP) is 1.57. The van der Waals surface area contributed by atoms with Crippen LogP contribution in [0.5, 0.6) is 0 Å². The van der Waals surface area contributed by atoms with E-state index in [2.05, 4.69) is 27.5 Å². The average Bonchev–Trinajstić information content (AvgIpc) is 2.84. The SMILES string of the molecule is Cc1nnc(N(C)C2CC3CCC(C2)N3)s1. The summed E-state index contributed by atoms with van der Waals surface area (Å²) in [5.74, 6) is 0. The van der Waals surface area contributed by atoms with E-state index in [1.54, 1.807) is 11.3 Å². The maximum absolute atomic E-state index is 4.24. The fourth-order valence-corrected chi connectivity index (χ4v) is 3.65. The minimum Gasteiger partial charge on any atom is -0.347 e. The molecular formula is C11H18N4S. The Labute approximate surface area is 100 Å². The summed E-state index contributed by atoms with van der Waals surface area (Å²) >= 11 is 1.70. The van der Waals surface area contributed by atoms with Gasteiger partial charge >= 0.3 is 0 Å². The highest BCUT2D eigenvalue weighted by molar-refractivity contribution is 7.15. The molecule has 2 atom stereocenters. The van der Waals surface area contributed by atoms with Gasteiger partial charge in [0, 0.05) is 25.2 Å². The van der Waals surface area contributed by atoms with Gasteiger partial charge in [-0.3, -0.25) is 0 Å². The van der Waals surface area contributed by atoms with Gasteiger partial charge in [0.15, 0.2) is 0 Å². The standard InChI is InChI=1S/C11H18N4S/c1-7-13-14-11(16-7)15(2)10-5-8-3-4-9(6-10)12-8/h8-10,12H,3-6H2,1-2H3. The van der Waals surface area contributed by atoms with Crippen molar-refractivity contribution in [3.05, 3.63) is 5.01 Å². The number of nitrogens with one attached hydrogen (secondary N) is 1. The first-order valence-corrected chi connectivity index (χ1v) is 6.83. The fraction of sp³-hybridized carbons (Fsp3) is 0.818. The van der Waals surface area contributed by atoms with E-state index in [-0.39, 0.29) is 0 Å². The summed E-state index contributed by atoms with van der Waals surface area (Å²) < 4.78 is 0. The van der Waals surface area contributed by atoms with E-state index < -0.39 is 0 Å². The van der Waals surface area contributed by atoms with E-state index in [0.29, 0.717) is 6.04 Å². The highest BCUT2D eigenvalue weighted by Gasteiger charge is 2.35. The Morgan fingerprint density at radius 2 is 1.94 bits per heavy atom. The minimum absolute atomic E-state index is 0.645. The lowest BCUT2D eigenvalue weighted by molar-refractivity contribution is 0.354. The summed E-state index contributed by atoms with van der Waals surface area (Å²) in [5, 5.41) is 14.1. The Hall–Kier alpha value is -0.680. The summed E-state index contributed by atoms with van der Waals surface area (Å²) in [6.45, 7) is 2.02. The molecule has 5 heteroatoms. The van der Waals surface area contributed by atoms with E-state index in [4.69, 9.17) is 0 Å². The molecule has 2 aliphatic heterocycles. The van der Waals surface area contributed by atoms with Crippen LogP contribution in [-0.4, -0.2) is 35.4 Å². The molecule has 1 aromatic rings. The van der Waals surface area contributed by atoms with Crippen LogP contribution < -0.4 is 10.2 Å². The molecule has 88 valence electrons. The molecule has 2 saturated heterocycles. The number of anilines is 1. The van der Waals surface area contributed by atoms with Crippen molar-refractivity contribution in [3.8, 4) is 0 Å². The molecule has 1 N–H and O–H groups in total. The van der Waals surface area contributed by atoms with Gasteiger partial charge in [-0.2, -0.15) is 0 Å². The number of nitrogens with zero attached hydrogens (tertiary/aromatic N) is 3. The van der Waals surface area contributed by atoms with Crippen LogP contribution in [0.15, 0.2) is 0 Å². The van der Waals surface area contributed by atoms with Gasteiger partial charge in [-0.05, 0) is 32.6 Å². The Morgan fingerprint density at radius 1 is 1.25 bits per heavy atom. The summed E-state index contributed by atoms with van der Waals surface area (Å²) in [7, 11) is 2.16. The smallest absolute Gasteiger partial charge is 0.208 e. The molecule has 3 rings (SSSR count). The second-order valence-electron chi connectivity index (χ2n) is 4.98. The topological polar surface area (TPSA) is 41.1 Å². The molecule has 16 heavy (non-hydrogen) atoms. The van der Waals surface area contributed by atoms with Crippen molar-refractivity contribution in [1.82, 2.24) is 15.5 Å². The van der Waals surface area contributed by atoms with Crippen LogP contribution >= 0.6 is 11.3 Å². The van der Waals surface area contributed by atoms with Gasteiger partial charge in [0.2, 0.25) is 5.13 Å². The van der Waals surface area contributed by atoms with Gasteiger partial charge in [-0.25, -0.2) is 0 Å². The van der Waals surface area contributed by atoms with Crippen molar-refractivity contribution in [3.63, 3.8) is 0 Å². The third kappa shape index (κ3) is 1.82. The van der Waals surface area contributed by atoms with Crippen molar-refractivity contribution in [2.24, 2.45) is 0 Å². The van der Waals surface area contributed by atoms with E-state index in [1.165, 1.54) is 25.7 Å². The minimum atomic E-state index is 0.645. The zero-order valence-corrected chi connectivity index (χ0v) is 10.6. The molecular weight excluding hydrogens is 220 g/mol.